The van der Waals surface area contributed by atoms with Gasteiger partial charge in [0.1, 0.15) is 6.04 Å². The molecule has 1 saturated heterocycles. The Morgan fingerprint density at radius 1 is 1.44 bits per heavy atom. The van der Waals surface area contributed by atoms with E-state index in [1.165, 1.54) is 7.11 Å². The van der Waals surface area contributed by atoms with Gasteiger partial charge in [0.15, 0.2) is 0 Å². The Hall–Kier alpha value is -1.34. The fourth-order valence-electron chi connectivity index (χ4n) is 1.68. The lowest BCUT2D eigenvalue weighted by molar-refractivity contribution is -0.139. The van der Waals surface area contributed by atoms with Crippen LogP contribution in [-0.4, -0.2) is 68.1 Å². The van der Waals surface area contributed by atoms with E-state index in [4.69, 9.17) is 14.6 Å². The third kappa shape index (κ3) is 4.89. The number of carboxylic acids is 1. The van der Waals surface area contributed by atoms with Crippen molar-refractivity contribution in [1.29, 1.82) is 0 Å². The summed E-state index contributed by atoms with van der Waals surface area (Å²) >= 11 is 0. The summed E-state index contributed by atoms with van der Waals surface area (Å²) in [5.41, 5.74) is 0. The van der Waals surface area contributed by atoms with Gasteiger partial charge >= 0.3 is 12.0 Å². The van der Waals surface area contributed by atoms with Crippen LogP contribution >= 0.6 is 0 Å². The van der Waals surface area contributed by atoms with Crippen LogP contribution in [0.2, 0.25) is 0 Å². The topological polar surface area (TPSA) is 88.1 Å². The Balaban J connectivity index is 2.45. The largest absolute Gasteiger partial charge is 0.480 e. The first-order valence-corrected chi connectivity index (χ1v) is 6.00. The van der Waals surface area contributed by atoms with Crippen molar-refractivity contribution >= 4 is 12.0 Å². The second-order valence-corrected chi connectivity index (χ2v) is 4.07. The van der Waals surface area contributed by atoms with E-state index in [-0.39, 0.29) is 12.5 Å². The van der Waals surface area contributed by atoms with E-state index >= 15 is 0 Å². The fourth-order valence-corrected chi connectivity index (χ4v) is 1.68. The highest BCUT2D eigenvalue weighted by molar-refractivity contribution is 5.82. The molecule has 1 atom stereocenters. The van der Waals surface area contributed by atoms with E-state index in [0.717, 1.165) is 6.42 Å². The Labute approximate surface area is 106 Å². The minimum Gasteiger partial charge on any atom is -0.480 e. The van der Waals surface area contributed by atoms with Gasteiger partial charge in [-0.15, -0.1) is 0 Å². The Morgan fingerprint density at radius 2 is 2.22 bits per heavy atom. The molecule has 7 nitrogen and oxygen atoms in total. The molecule has 18 heavy (non-hydrogen) atoms. The van der Waals surface area contributed by atoms with Gasteiger partial charge < -0.3 is 24.8 Å². The summed E-state index contributed by atoms with van der Waals surface area (Å²) in [7, 11) is 1.49. The molecule has 1 rings (SSSR count). The van der Waals surface area contributed by atoms with Crippen molar-refractivity contribution in [3.8, 4) is 0 Å². The molecule has 0 aromatic carbocycles. The standard InChI is InChI=1S/C11H20N2O5/c1-17-7-3-9(10(14)15)12-11(16)13-4-2-6-18-8-5-13/h9H,2-8H2,1H3,(H,12,16)(H,14,15). The number of hydrogen-bond acceptors (Lipinski definition) is 4. The molecule has 0 aliphatic carbocycles. The summed E-state index contributed by atoms with van der Waals surface area (Å²) in [6.07, 6.45) is 1.02. The SMILES string of the molecule is COCCC(NC(=O)N1CCCOCC1)C(=O)O. The molecule has 0 aromatic rings. The van der Waals surface area contributed by atoms with Crippen LogP contribution in [0.15, 0.2) is 0 Å². The first kappa shape index (κ1) is 14.7. The van der Waals surface area contributed by atoms with Crippen molar-refractivity contribution in [3.05, 3.63) is 0 Å². The molecular weight excluding hydrogens is 240 g/mol. The molecule has 2 amide bonds. The Morgan fingerprint density at radius 3 is 2.89 bits per heavy atom. The van der Waals surface area contributed by atoms with Gasteiger partial charge in [0.05, 0.1) is 6.61 Å². The number of carboxylic acid groups (broad SMARTS) is 1. The highest BCUT2D eigenvalue weighted by atomic mass is 16.5. The van der Waals surface area contributed by atoms with Crippen LogP contribution in [0.3, 0.4) is 0 Å². The smallest absolute Gasteiger partial charge is 0.326 e. The van der Waals surface area contributed by atoms with Crippen LogP contribution in [0.5, 0.6) is 0 Å². The maximum atomic E-state index is 11.9. The van der Waals surface area contributed by atoms with Crippen molar-refractivity contribution in [1.82, 2.24) is 10.2 Å². The van der Waals surface area contributed by atoms with Crippen LogP contribution in [0, 0.1) is 0 Å². The molecule has 1 aliphatic rings. The normalized spacial score (nSPS) is 17.9. The zero-order chi connectivity index (χ0) is 13.4. The number of aliphatic carboxylic acids is 1. The van der Waals surface area contributed by atoms with Gasteiger partial charge in [-0.3, -0.25) is 0 Å². The second kappa shape index (κ2) is 7.88. The van der Waals surface area contributed by atoms with E-state index in [1.807, 2.05) is 0 Å². The molecule has 1 unspecified atom stereocenters. The summed E-state index contributed by atoms with van der Waals surface area (Å²) < 4.78 is 10.1. The van der Waals surface area contributed by atoms with E-state index in [2.05, 4.69) is 5.32 Å². The van der Waals surface area contributed by atoms with Gasteiger partial charge in [0, 0.05) is 39.8 Å². The van der Waals surface area contributed by atoms with Crippen LogP contribution in [-0.2, 0) is 14.3 Å². The number of nitrogens with zero attached hydrogens (tertiary/aromatic N) is 1. The predicted molar refractivity (Wildman–Crippen MR) is 63.5 cm³/mol. The minimum absolute atomic E-state index is 0.252. The van der Waals surface area contributed by atoms with Gasteiger partial charge in [0.25, 0.3) is 0 Å². The summed E-state index contributed by atoms with van der Waals surface area (Å²) in [5.74, 6) is -1.05. The molecule has 1 fully saturated rings. The quantitative estimate of drug-likeness (QED) is 0.721. The lowest BCUT2D eigenvalue weighted by Crippen LogP contribution is -2.49. The summed E-state index contributed by atoms with van der Waals surface area (Å²) in [6, 6.07) is -1.27. The molecule has 7 heteroatoms. The minimum atomic E-state index is -1.05. The molecular formula is C11H20N2O5. The van der Waals surface area contributed by atoms with Crippen LogP contribution in [0.25, 0.3) is 0 Å². The predicted octanol–water partition coefficient (Wildman–Crippen LogP) is -0.0920. The van der Waals surface area contributed by atoms with Gasteiger partial charge in [-0.2, -0.15) is 0 Å². The number of hydrogen-bond donors (Lipinski definition) is 2. The monoisotopic (exact) mass is 260 g/mol. The highest BCUT2D eigenvalue weighted by Gasteiger charge is 2.23. The van der Waals surface area contributed by atoms with Crippen LogP contribution in [0.1, 0.15) is 12.8 Å². The third-order valence-electron chi connectivity index (χ3n) is 2.72. The fraction of sp³-hybridized carbons (Fsp3) is 0.818. The molecule has 0 bridgehead atoms. The van der Waals surface area contributed by atoms with Crippen molar-refractivity contribution in [2.45, 2.75) is 18.9 Å². The Kier molecular flexibility index (Phi) is 6.45. The van der Waals surface area contributed by atoms with Crippen molar-refractivity contribution in [2.75, 3.05) is 40.0 Å². The molecule has 1 heterocycles. The maximum absolute atomic E-state index is 11.9. The molecule has 0 saturated carbocycles. The van der Waals surface area contributed by atoms with Crippen molar-refractivity contribution < 1.29 is 24.2 Å². The first-order valence-electron chi connectivity index (χ1n) is 6.00. The summed E-state index contributed by atoms with van der Waals surface area (Å²) in [6.45, 7) is 2.49. The molecule has 0 radical (unpaired) electrons. The van der Waals surface area contributed by atoms with E-state index in [9.17, 15) is 9.59 Å². The maximum Gasteiger partial charge on any atom is 0.326 e. The molecule has 0 aromatic heterocycles. The number of carbonyl (C=O) groups excluding carboxylic acids is 1. The first-order chi connectivity index (χ1) is 8.65. The molecule has 2 N–H and O–H groups in total. The number of amides is 2. The Bertz CT molecular complexity index is 277. The molecule has 1 aliphatic heterocycles. The number of carbonyl (C=O) groups is 2. The van der Waals surface area contributed by atoms with Crippen molar-refractivity contribution in [3.63, 3.8) is 0 Å². The number of urea groups is 1. The average Bonchev–Trinajstić information content (AvgIpc) is 2.62. The van der Waals surface area contributed by atoms with E-state index in [0.29, 0.717) is 32.9 Å². The zero-order valence-electron chi connectivity index (χ0n) is 10.6. The number of nitrogens with one attached hydrogen (secondary N) is 1. The second-order valence-electron chi connectivity index (χ2n) is 4.07. The lowest BCUT2D eigenvalue weighted by Gasteiger charge is -2.23. The van der Waals surface area contributed by atoms with Gasteiger partial charge in [0.2, 0.25) is 0 Å². The number of rotatable bonds is 5. The van der Waals surface area contributed by atoms with Crippen LogP contribution < -0.4 is 5.32 Å². The summed E-state index contributed by atoms with van der Waals surface area (Å²) in [5, 5.41) is 11.5. The lowest BCUT2D eigenvalue weighted by atomic mass is 10.2. The van der Waals surface area contributed by atoms with Gasteiger partial charge in [-0.25, -0.2) is 9.59 Å². The van der Waals surface area contributed by atoms with E-state index < -0.39 is 12.0 Å². The van der Waals surface area contributed by atoms with Crippen molar-refractivity contribution in [2.24, 2.45) is 0 Å². The molecule has 104 valence electrons. The third-order valence-corrected chi connectivity index (χ3v) is 2.72. The van der Waals surface area contributed by atoms with Gasteiger partial charge in [-0.05, 0) is 6.42 Å². The highest BCUT2D eigenvalue weighted by Crippen LogP contribution is 2.01. The molecule has 0 spiro atoms. The van der Waals surface area contributed by atoms with E-state index in [1.54, 1.807) is 4.90 Å². The average molecular weight is 260 g/mol. The summed E-state index contributed by atoms with van der Waals surface area (Å²) in [4.78, 5) is 24.4. The van der Waals surface area contributed by atoms with Crippen LogP contribution in [0.4, 0.5) is 4.79 Å². The van der Waals surface area contributed by atoms with Gasteiger partial charge in [-0.1, -0.05) is 0 Å². The number of methoxy groups -OCH3 is 1. The zero-order valence-corrected chi connectivity index (χ0v) is 10.6. The number of ether oxygens (including phenoxy) is 2.